The second-order valence-electron chi connectivity index (χ2n) is 5.95. The van der Waals surface area contributed by atoms with Crippen LogP contribution in [0.3, 0.4) is 0 Å². The van der Waals surface area contributed by atoms with Gasteiger partial charge in [0.2, 0.25) is 5.91 Å². The summed E-state index contributed by atoms with van der Waals surface area (Å²) in [6.45, 7) is 1.95. The van der Waals surface area contributed by atoms with Crippen LogP contribution >= 0.6 is 0 Å². The first kappa shape index (κ1) is 19.2. The molecule has 0 radical (unpaired) electrons. The molecule has 0 saturated heterocycles. The van der Waals surface area contributed by atoms with Crippen molar-refractivity contribution in [3.8, 4) is 11.4 Å². The molecule has 0 bridgehead atoms. The normalized spacial score (nSPS) is 10.4. The van der Waals surface area contributed by atoms with E-state index in [9.17, 15) is 9.59 Å². The van der Waals surface area contributed by atoms with Gasteiger partial charge in [0.15, 0.2) is 5.82 Å². The number of nitrogens with zero attached hydrogens (tertiary/aromatic N) is 2. The van der Waals surface area contributed by atoms with Crippen molar-refractivity contribution in [3.63, 3.8) is 0 Å². The summed E-state index contributed by atoms with van der Waals surface area (Å²) in [6.07, 6.45) is 1.54. The van der Waals surface area contributed by atoms with Crippen LogP contribution in [0.15, 0.2) is 60.8 Å². The molecule has 0 unspecified atom stereocenters. The van der Waals surface area contributed by atoms with Gasteiger partial charge in [-0.05, 0) is 36.8 Å². The summed E-state index contributed by atoms with van der Waals surface area (Å²) >= 11 is 0. The first-order chi connectivity index (χ1) is 13.6. The van der Waals surface area contributed by atoms with Gasteiger partial charge in [-0.1, -0.05) is 30.3 Å². The number of aromatic nitrogens is 2. The number of nitrogens with one attached hydrogen (secondary N) is 1. The van der Waals surface area contributed by atoms with Crippen LogP contribution in [0.1, 0.15) is 22.8 Å². The Labute approximate surface area is 162 Å². The number of methoxy groups -OCH3 is 1. The van der Waals surface area contributed by atoms with Crippen LogP contribution in [0.2, 0.25) is 0 Å². The summed E-state index contributed by atoms with van der Waals surface area (Å²) in [6, 6.07) is 16.5. The van der Waals surface area contributed by atoms with Crippen molar-refractivity contribution in [1.82, 2.24) is 9.78 Å². The van der Waals surface area contributed by atoms with Crippen molar-refractivity contribution >= 4 is 17.7 Å². The van der Waals surface area contributed by atoms with Gasteiger partial charge in [0, 0.05) is 0 Å². The maximum Gasteiger partial charge on any atom is 0.343 e. The fraction of sp³-hybridized carbons (Fsp3) is 0.190. The molecule has 7 heteroatoms. The lowest BCUT2D eigenvalue weighted by atomic mass is 10.1. The smallest absolute Gasteiger partial charge is 0.343 e. The van der Waals surface area contributed by atoms with Crippen molar-refractivity contribution < 1.29 is 19.1 Å². The Bertz CT molecular complexity index is 950. The van der Waals surface area contributed by atoms with Gasteiger partial charge in [0.05, 0.1) is 32.0 Å². The van der Waals surface area contributed by atoms with E-state index in [1.54, 1.807) is 26.2 Å². The Morgan fingerprint density at radius 1 is 1.07 bits per heavy atom. The maximum atomic E-state index is 12.6. The third kappa shape index (κ3) is 4.37. The van der Waals surface area contributed by atoms with E-state index >= 15 is 0 Å². The molecule has 0 spiro atoms. The first-order valence-corrected chi connectivity index (χ1v) is 8.85. The van der Waals surface area contributed by atoms with E-state index in [2.05, 4.69) is 10.4 Å². The number of hydrogen-bond acceptors (Lipinski definition) is 5. The zero-order valence-electron chi connectivity index (χ0n) is 15.7. The zero-order chi connectivity index (χ0) is 19.9. The SMILES string of the molecule is CCOC(=O)c1cnn(-c2ccccc2)c1NC(=O)Cc1ccc(OC)cc1. The Hall–Kier alpha value is -3.61. The van der Waals surface area contributed by atoms with E-state index in [4.69, 9.17) is 9.47 Å². The lowest BCUT2D eigenvalue weighted by Crippen LogP contribution is -2.19. The van der Waals surface area contributed by atoms with Crippen LogP contribution in [0.4, 0.5) is 5.82 Å². The van der Waals surface area contributed by atoms with Gasteiger partial charge in [-0.25, -0.2) is 9.48 Å². The summed E-state index contributed by atoms with van der Waals surface area (Å²) in [5, 5.41) is 7.06. The van der Waals surface area contributed by atoms with Crippen LogP contribution in [0, 0.1) is 0 Å². The third-order valence-corrected chi connectivity index (χ3v) is 4.05. The summed E-state index contributed by atoms with van der Waals surface area (Å²) in [5.74, 6) is 0.192. The molecule has 1 aromatic heterocycles. The van der Waals surface area contributed by atoms with Crippen LogP contribution in [0.25, 0.3) is 5.69 Å². The van der Waals surface area contributed by atoms with Gasteiger partial charge in [-0.2, -0.15) is 5.10 Å². The molecule has 7 nitrogen and oxygen atoms in total. The second-order valence-corrected chi connectivity index (χ2v) is 5.95. The van der Waals surface area contributed by atoms with E-state index in [0.717, 1.165) is 17.0 Å². The van der Waals surface area contributed by atoms with Crippen LogP contribution < -0.4 is 10.1 Å². The molecule has 144 valence electrons. The van der Waals surface area contributed by atoms with Crippen molar-refractivity contribution in [3.05, 3.63) is 71.9 Å². The third-order valence-electron chi connectivity index (χ3n) is 4.05. The first-order valence-electron chi connectivity index (χ1n) is 8.85. The summed E-state index contributed by atoms with van der Waals surface area (Å²) in [7, 11) is 1.59. The predicted octanol–water partition coefficient (Wildman–Crippen LogP) is 3.24. The van der Waals surface area contributed by atoms with Crippen LogP contribution in [0.5, 0.6) is 5.75 Å². The molecule has 0 saturated carbocycles. The molecular formula is C21H21N3O4. The molecule has 3 rings (SSSR count). The number of carbonyl (C=O) groups excluding carboxylic acids is 2. The van der Waals surface area contributed by atoms with Crippen molar-refractivity contribution in [1.29, 1.82) is 0 Å². The van der Waals surface area contributed by atoms with Gasteiger partial charge in [-0.15, -0.1) is 0 Å². The van der Waals surface area contributed by atoms with Crippen LogP contribution in [-0.4, -0.2) is 35.4 Å². The van der Waals surface area contributed by atoms with Crippen molar-refractivity contribution in [2.75, 3.05) is 19.0 Å². The predicted molar refractivity (Wildman–Crippen MR) is 105 cm³/mol. The molecule has 0 fully saturated rings. The number of carbonyl (C=O) groups is 2. The molecule has 0 aliphatic rings. The lowest BCUT2D eigenvalue weighted by Gasteiger charge is -2.11. The van der Waals surface area contributed by atoms with Crippen molar-refractivity contribution in [2.45, 2.75) is 13.3 Å². The highest BCUT2D eigenvalue weighted by Crippen LogP contribution is 2.22. The Balaban J connectivity index is 1.86. The minimum absolute atomic E-state index is 0.145. The number of para-hydroxylation sites is 1. The number of ether oxygens (including phenoxy) is 2. The number of rotatable bonds is 7. The monoisotopic (exact) mass is 379 g/mol. The van der Waals surface area contributed by atoms with E-state index in [1.807, 2.05) is 42.5 Å². The molecule has 1 amide bonds. The molecule has 3 aromatic rings. The molecule has 0 aliphatic carbocycles. The highest BCUT2D eigenvalue weighted by atomic mass is 16.5. The average molecular weight is 379 g/mol. The molecule has 2 aromatic carbocycles. The fourth-order valence-corrected chi connectivity index (χ4v) is 2.70. The van der Waals surface area contributed by atoms with Crippen LogP contribution in [-0.2, 0) is 16.0 Å². The molecule has 28 heavy (non-hydrogen) atoms. The highest BCUT2D eigenvalue weighted by Gasteiger charge is 2.21. The zero-order valence-corrected chi connectivity index (χ0v) is 15.7. The summed E-state index contributed by atoms with van der Waals surface area (Å²) < 4.78 is 11.7. The molecule has 0 aliphatic heterocycles. The minimum atomic E-state index is -0.538. The molecular weight excluding hydrogens is 358 g/mol. The van der Waals surface area contributed by atoms with Gasteiger partial charge in [-0.3, -0.25) is 4.79 Å². The molecule has 1 N–H and O–H groups in total. The minimum Gasteiger partial charge on any atom is -0.497 e. The number of amides is 1. The van der Waals surface area contributed by atoms with E-state index in [0.29, 0.717) is 0 Å². The Morgan fingerprint density at radius 2 is 1.79 bits per heavy atom. The number of esters is 1. The standard InChI is InChI=1S/C21H21N3O4/c1-3-28-21(26)18-14-22-24(16-7-5-4-6-8-16)20(18)23-19(25)13-15-9-11-17(27-2)12-10-15/h4-12,14H,3,13H2,1-2H3,(H,23,25). The maximum absolute atomic E-state index is 12.6. The van der Waals surface area contributed by atoms with Gasteiger partial charge >= 0.3 is 5.97 Å². The Morgan fingerprint density at radius 3 is 2.43 bits per heavy atom. The number of benzene rings is 2. The second kappa shape index (κ2) is 8.85. The number of hydrogen-bond donors (Lipinski definition) is 1. The van der Waals surface area contributed by atoms with Crippen molar-refractivity contribution in [2.24, 2.45) is 0 Å². The Kier molecular flexibility index (Phi) is 6.06. The quantitative estimate of drug-likeness (QED) is 0.637. The summed E-state index contributed by atoms with van der Waals surface area (Å²) in [5.41, 5.74) is 1.74. The molecule has 1 heterocycles. The van der Waals surface area contributed by atoms with E-state index < -0.39 is 5.97 Å². The fourth-order valence-electron chi connectivity index (χ4n) is 2.70. The molecule has 0 atom stereocenters. The van der Waals surface area contributed by atoms with E-state index in [-0.39, 0.29) is 30.3 Å². The van der Waals surface area contributed by atoms with E-state index in [1.165, 1.54) is 10.9 Å². The highest BCUT2D eigenvalue weighted by molar-refractivity contribution is 6.01. The lowest BCUT2D eigenvalue weighted by molar-refractivity contribution is -0.115. The average Bonchev–Trinajstić information content (AvgIpc) is 3.13. The summed E-state index contributed by atoms with van der Waals surface area (Å²) in [4.78, 5) is 24.9. The van der Waals surface area contributed by atoms with Gasteiger partial charge in [0.25, 0.3) is 0 Å². The van der Waals surface area contributed by atoms with Gasteiger partial charge in [0.1, 0.15) is 11.3 Å². The van der Waals surface area contributed by atoms with Gasteiger partial charge < -0.3 is 14.8 Å². The number of anilines is 1. The largest absolute Gasteiger partial charge is 0.497 e. The topological polar surface area (TPSA) is 82.5 Å².